The summed E-state index contributed by atoms with van der Waals surface area (Å²) in [6.45, 7) is 2.07. The van der Waals surface area contributed by atoms with Gasteiger partial charge in [-0.15, -0.1) is 0 Å². The number of anilines is 3. The van der Waals surface area contributed by atoms with Crippen LogP contribution >= 0.6 is 11.6 Å². The first-order chi connectivity index (χ1) is 13.1. The molecule has 1 aliphatic heterocycles. The Morgan fingerprint density at radius 2 is 2.04 bits per heavy atom. The molecule has 2 aromatic heterocycles. The SMILES string of the molecule is CN1CCC(Nc2nc(Nc3ccc(F)c(Cl)c3)c3ncncc3n2)CC1. The summed E-state index contributed by atoms with van der Waals surface area (Å²) in [5, 5.41) is 6.61. The Kier molecular flexibility index (Phi) is 5.00. The molecule has 7 nitrogen and oxygen atoms in total. The second-order valence-corrected chi connectivity index (χ2v) is 7.04. The minimum Gasteiger partial charge on any atom is -0.351 e. The molecule has 1 fully saturated rings. The molecule has 0 bridgehead atoms. The molecule has 0 atom stereocenters. The van der Waals surface area contributed by atoms with Gasteiger partial charge in [-0.05, 0) is 51.2 Å². The first-order valence-electron chi connectivity index (χ1n) is 8.73. The summed E-state index contributed by atoms with van der Waals surface area (Å²) in [6.07, 6.45) is 5.14. The number of hydrogen-bond donors (Lipinski definition) is 2. The van der Waals surface area contributed by atoms with Crippen molar-refractivity contribution in [2.45, 2.75) is 18.9 Å². The van der Waals surface area contributed by atoms with E-state index in [1.165, 1.54) is 18.5 Å². The van der Waals surface area contributed by atoms with Crippen LogP contribution in [0.3, 0.4) is 0 Å². The smallest absolute Gasteiger partial charge is 0.225 e. The molecule has 1 saturated heterocycles. The normalized spacial score (nSPS) is 15.8. The minimum absolute atomic E-state index is 0.0395. The molecule has 140 valence electrons. The highest BCUT2D eigenvalue weighted by atomic mass is 35.5. The van der Waals surface area contributed by atoms with Gasteiger partial charge in [0.1, 0.15) is 23.2 Å². The lowest BCUT2D eigenvalue weighted by atomic mass is 10.1. The van der Waals surface area contributed by atoms with Crippen LogP contribution in [-0.4, -0.2) is 51.0 Å². The highest BCUT2D eigenvalue weighted by Gasteiger charge is 2.18. The topological polar surface area (TPSA) is 78.9 Å². The Bertz CT molecular complexity index is 960. The van der Waals surface area contributed by atoms with E-state index in [1.807, 2.05) is 0 Å². The number of nitrogens with one attached hydrogen (secondary N) is 2. The Labute approximate surface area is 161 Å². The first kappa shape index (κ1) is 17.8. The van der Waals surface area contributed by atoms with Crippen molar-refractivity contribution in [1.82, 2.24) is 24.8 Å². The summed E-state index contributed by atoms with van der Waals surface area (Å²) in [5.41, 5.74) is 1.82. The number of likely N-dealkylation sites (tertiary alicyclic amines) is 1. The number of fused-ring (bicyclic) bond motifs is 1. The predicted octanol–water partition coefficient (Wildman–Crippen LogP) is 3.46. The van der Waals surface area contributed by atoms with E-state index in [2.05, 4.69) is 42.5 Å². The molecule has 1 aromatic carbocycles. The van der Waals surface area contributed by atoms with Crippen LogP contribution in [0.5, 0.6) is 0 Å². The van der Waals surface area contributed by atoms with Gasteiger partial charge in [-0.25, -0.2) is 19.3 Å². The third-order valence-electron chi connectivity index (χ3n) is 4.60. The van der Waals surface area contributed by atoms with E-state index in [4.69, 9.17) is 11.6 Å². The lowest BCUT2D eigenvalue weighted by Crippen LogP contribution is -2.37. The van der Waals surface area contributed by atoms with E-state index in [0.29, 0.717) is 34.5 Å². The summed E-state index contributed by atoms with van der Waals surface area (Å²) < 4.78 is 13.4. The van der Waals surface area contributed by atoms with Crippen LogP contribution in [-0.2, 0) is 0 Å². The van der Waals surface area contributed by atoms with Crippen LogP contribution < -0.4 is 10.6 Å². The highest BCUT2D eigenvalue weighted by Crippen LogP contribution is 2.26. The molecule has 0 radical (unpaired) electrons. The maximum Gasteiger partial charge on any atom is 0.225 e. The van der Waals surface area contributed by atoms with Crippen LogP contribution in [0.1, 0.15) is 12.8 Å². The van der Waals surface area contributed by atoms with Gasteiger partial charge in [0.25, 0.3) is 0 Å². The average Bonchev–Trinajstić information content (AvgIpc) is 2.67. The van der Waals surface area contributed by atoms with Gasteiger partial charge in [-0.1, -0.05) is 11.6 Å². The van der Waals surface area contributed by atoms with Crippen LogP contribution in [0.25, 0.3) is 11.0 Å². The zero-order valence-electron chi connectivity index (χ0n) is 14.8. The molecule has 1 aliphatic rings. The van der Waals surface area contributed by atoms with Crippen molar-refractivity contribution in [3.05, 3.63) is 41.6 Å². The van der Waals surface area contributed by atoms with E-state index >= 15 is 0 Å². The first-order valence-corrected chi connectivity index (χ1v) is 9.11. The third-order valence-corrected chi connectivity index (χ3v) is 4.89. The number of nitrogens with zero attached hydrogens (tertiary/aromatic N) is 5. The van der Waals surface area contributed by atoms with Crippen molar-refractivity contribution >= 4 is 40.1 Å². The van der Waals surface area contributed by atoms with Gasteiger partial charge in [0.05, 0.1) is 11.2 Å². The number of rotatable bonds is 4. The lowest BCUT2D eigenvalue weighted by Gasteiger charge is -2.29. The molecular weight excluding hydrogens is 369 g/mol. The second-order valence-electron chi connectivity index (χ2n) is 6.63. The summed E-state index contributed by atoms with van der Waals surface area (Å²) in [6, 6.07) is 4.73. The van der Waals surface area contributed by atoms with E-state index in [0.717, 1.165) is 25.9 Å². The van der Waals surface area contributed by atoms with Crippen LogP contribution in [0.15, 0.2) is 30.7 Å². The molecule has 27 heavy (non-hydrogen) atoms. The summed E-state index contributed by atoms with van der Waals surface area (Å²) in [7, 11) is 2.12. The maximum absolute atomic E-state index is 13.4. The number of halogens is 2. The zero-order chi connectivity index (χ0) is 18.8. The van der Waals surface area contributed by atoms with Gasteiger partial charge in [0.15, 0.2) is 5.82 Å². The lowest BCUT2D eigenvalue weighted by molar-refractivity contribution is 0.263. The van der Waals surface area contributed by atoms with Crippen molar-refractivity contribution in [3.63, 3.8) is 0 Å². The van der Waals surface area contributed by atoms with Crippen LogP contribution in [0.2, 0.25) is 5.02 Å². The average molecular weight is 388 g/mol. The van der Waals surface area contributed by atoms with Gasteiger partial charge in [0, 0.05) is 11.7 Å². The van der Waals surface area contributed by atoms with E-state index in [-0.39, 0.29) is 5.02 Å². The van der Waals surface area contributed by atoms with Crippen molar-refractivity contribution in [3.8, 4) is 0 Å². The van der Waals surface area contributed by atoms with Crippen molar-refractivity contribution in [1.29, 1.82) is 0 Å². The standard InChI is InChI=1S/C18H19ClFN7/c1-27-6-4-11(5-7-27)24-18-25-15-9-21-10-22-16(15)17(26-18)23-12-2-3-14(20)13(19)8-12/h2-3,8-11H,4-7H2,1H3,(H2,23,24,25,26). The Balaban J connectivity index is 1.64. The number of benzene rings is 1. The molecule has 0 spiro atoms. The van der Waals surface area contributed by atoms with Gasteiger partial charge >= 0.3 is 0 Å². The molecule has 4 rings (SSSR count). The predicted molar refractivity (Wildman–Crippen MR) is 104 cm³/mol. The van der Waals surface area contributed by atoms with Crippen molar-refractivity contribution in [2.75, 3.05) is 30.8 Å². The zero-order valence-corrected chi connectivity index (χ0v) is 15.5. The van der Waals surface area contributed by atoms with Crippen LogP contribution in [0.4, 0.5) is 21.8 Å². The summed E-state index contributed by atoms with van der Waals surface area (Å²) in [4.78, 5) is 19.8. The molecule has 0 amide bonds. The molecular formula is C18H19ClFN7. The fraction of sp³-hybridized carbons (Fsp3) is 0.333. The van der Waals surface area contributed by atoms with Gasteiger partial charge in [-0.3, -0.25) is 0 Å². The van der Waals surface area contributed by atoms with E-state index in [9.17, 15) is 4.39 Å². The molecule has 9 heteroatoms. The molecule has 3 aromatic rings. The fourth-order valence-corrected chi connectivity index (χ4v) is 3.26. The van der Waals surface area contributed by atoms with Gasteiger partial charge in [-0.2, -0.15) is 4.98 Å². The van der Waals surface area contributed by atoms with Crippen LogP contribution in [0, 0.1) is 5.82 Å². The number of aromatic nitrogens is 4. The second kappa shape index (κ2) is 7.58. The van der Waals surface area contributed by atoms with Gasteiger partial charge in [0.2, 0.25) is 5.95 Å². The molecule has 0 saturated carbocycles. The Morgan fingerprint density at radius 1 is 1.22 bits per heavy atom. The Hall–Kier alpha value is -2.58. The maximum atomic E-state index is 13.4. The fourth-order valence-electron chi connectivity index (χ4n) is 3.08. The largest absolute Gasteiger partial charge is 0.351 e. The monoisotopic (exact) mass is 387 g/mol. The molecule has 2 N–H and O–H groups in total. The quantitative estimate of drug-likeness (QED) is 0.709. The summed E-state index contributed by atoms with van der Waals surface area (Å²) >= 11 is 5.88. The third kappa shape index (κ3) is 4.06. The van der Waals surface area contributed by atoms with Gasteiger partial charge < -0.3 is 15.5 Å². The Morgan fingerprint density at radius 3 is 2.81 bits per heavy atom. The molecule has 0 aliphatic carbocycles. The summed E-state index contributed by atoms with van der Waals surface area (Å²) in [5.74, 6) is 0.560. The number of hydrogen-bond acceptors (Lipinski definition) is 7. The van der Waals surface area contributed by atoms with E-state index < -0.39 is 5.82 Å². The minimum atomic E-state index is -0.471. The van der Waals surface area contributed by atoms with E-state index in [1.54, 1.807) is 12.3 Å². The van der Waals surface area contributed by atoms with Crippen molar-refractivity contribution in [2.24, 2.45) is 0 Å². The highest BCUT2D eigenvalue weighted by molar-refractivity contribution is 6.31. The molecule has 0 unspecified atom stereocenters. The van der Waals surface area contributed by atoms with Crippen molar-refractivity contribution < 1.29 is 4.39 Å². The molecule has 3 heterocycles. The number of piperidine rings is 1.